The number of amides is 1. The minimum atomic E-state index is 0.110. The molecule has 1 heterocycles. The molecule has 2 rings (SSSR count). The van der Waals surface area contributed by atoms with Crippen LogP contribution in [0.4, 0.5) is 0 Å². The van der Waals surface area contributed by atoms with Crippen LogP contribution in [0.2, 0.25) is 0 Å². The quantitative estimate of drug-likeness (QED) is 0.786. The highest BCUT2D eigenvalue weighted by Crippen LogP contribution is 2.18. The SMILES string of the molecule is CCOc1cccc(/C=C/C(=O)N2CCCCC2C)c1. The average Bonchev–Trinajstić information content (AvgIpc) is 2.46. The molecule has 1 aliphatic heterocycles. The molecular formula is C17H23NO2. The Morgan fingerprint density at radius 1 is 1.45 bits per heavy atom. The van der Waals surface area contributed by atoms with E-state index in [0.717, 1.165) is 30.7 Å². The Bertz CT molecular complexity index is 482. The number of hydrogen-bond acceptors (Lipinski definition) is 2. The summed E-state index contributed by atoms with van der Waals surface area (Å²) in [6.45, 7) is 5.62. The van der Waals surface area contributed by atoms with E-state index in [1.807, 2.05) is 42.2 Å². The van der Waals surface area contributed by atoms with Gasteiger partial charge in [-0.2, -0.15) is 0 Å². The number of carbonyl (C=O) groups is 1. The summed E-state index contributed by atoms with van der Waals surface area (Å²) in [5, 5.41) is 0. The number of nitrogens with zero attached hydrogens (tertiary/aromatic N) is 1. The van der Waals surface area contributed by atoms with Gasteiger partial charge in [0.1, 0.15) is 5.75 Å². The van der Waals surface area contributed by atoms with Gasteiger partial charge in [-0.25, -0.2) is 0 Å². The van der Waals surface area contributed by atoms with Gasteiger partial charge in [0, 0.05) is 18.7 Å². The second kappa shape index (κ2) is 7.13. The molecule has 1 aromatic rings. The second-order valence-corrected chi connectivity index (χ2v) is 5.22. The largest absolute Gasteiger partial charge is 0.494 e. The molecule has 108 valence electrons. The summed E-state index contributed by atoms with van der Waals surface area (Å²) in [7, 11) is 0. The van der Waals surface area contributed by atoms with E-state index < -0.39 is 0 Å². The number of carbonyl (C=O) groups excluding carboxylic acids is 1. The molecule has 0 bridgehead atoms. The van der Waals surface area contributed by atoms with Gasteiger partial charge in [0.15, 0.2) is 0 Å². The molecule has 0 aromatic heterocycles. The average molecular weight is 273 g/mol. The molecule has 0 spiro atoms. The van der Waals surface area contributed by atoms with E-state index in [0.29, 0.717) is 12.6 Å². The summed E-state index contributed by atoms with van der Waals surface area (Å²) < 4.78 is 5.46. The van der Waals surface area contributed by atoms with Crippen molar-refractivity contribution >= 4 is 12.0 Å². The van der Waals surface area contributed by atoms with Crippen LogP contribution in [0, 0.1) is 0 Å². The number of likely N-dealkylation sites (tertiary alicyclic amines) is 1. The molecular weight excluding hydrogens is 250 g/mol. The van der Waals surface area contributed by atoms with Gasteiger partial charge >= 0.3 is 0 Å². The van der Waals surface area contributed by atoms with E-state index in [-0.39, 0.29) is 5.91 Å². The number of hydrogen-bond donors (Lipinski definition) is 0. The van der Waals surface area contributed by atoms with Crippen LogP contribution in [0.3, 0.4) is 0 Å². The van der Waals surface area contributed by atoms with Crippen molar-refractivity contribution in [1.29, 1.82) is 0 Å². The monoisotopic (exact) mass is 273 g/mol. The third-order valence-corrected chi connectivity index (χ3v) is 3.67. The van der Waals surface area contributed by atoms with Crippen LogP contribution < -0.4 is 4.74 Å². The Morgan fingerprint density at radius 2 is 2.30 bits per heavy atom. The van der Waals surface area contributed by atoms with Crippen LogP contribution in [0.1, 0.15) is 38.7 Å². The first-order valence-corrected chi connectivity index (χ1v) is 7.42. The van der Waals surface area contributed by atoms with Gasteiger partial charge in [0.05, 0.1) is 6.61 Å². The Kier molecular flexibility index (Phi) is 5.22. The topological polar surface area (TPSA) is 29.5 Å². The van der Waals surface area contributed by atoms with E-state index >= 15 is 0 Å². The van der Waals surface area contributed by atoms with Gasteiger partial charge in [-0.15, -0.1) is 0 Å². The second-order valence-electron chi connectivity index (χ2n) is 5.22. The zero-order valence-corrected chi connectivity index (χ0v) is 12.3. The molecule has 1 unspecified atom stereocenters. The van der Waals surface area contributed by atoms with Crippen molar-refractivity contribution in [3.05, 3.63) is 35.9 Å². The summed E-state index contributed by atoms with van der Waals surface area (Å²) in [5.74, 6) is 0.951. The van der Waals surface area contributed by atoms with E-state index in [4.69, 9.17) is 4.74 Å². The van der Waals surface area contributed by atoms with E-state index in [1.54, 1.807) is 6.08 Å². The third-order valence-electron chi connectivity index (χ3n) is 3.67. The minimum absolute atomic E-state index is 0.110. The molecule has 1 aliphatic rings. The lowest BCUT2D eigenvalue weighted by molar-refractivity contribution is -0.129. The lowest BCUT2D eigenvalue weighted by Gasteiger charge is -2.32. The van der Waals surface area contributed by atoms with E-state index in [2.05, 4.69) is 6.92 Å². The number of piperidine rings is 1. The first kappa shape index (κ1) is 14.6. The molecule has 1 saturated heterocycles. The van der Waals surface area contributed by atoms with Crippen molar-refractivity contribution in [3.63, 3.8) is 0 Å². The van der Waals surface area contributed by atoms with Gasteiger partial charge in [-0.05, 0) is 56.9 Å². The molecule has 1 aromatic carbocycles. The van der Waals surface area contributed by atoms with E-state index in [9.17, 15) is 4.79 Å². The summed E-state index contributed by atoms with van der Waals surface area (Å²) >= 11 is 0. The van der Waals surface area contributed by atoms with Crippen LogP contribution in [0.5, 0.6) is 5.75 Å². The summed E-state index contributed by atoms with van der Waals surface area (Å²) in [6, 6.07) is 8.16. The van der Waals surface area contributed by atoms with Crippen molar-refractivity contribution in [2.24, 2.45) is 0 Å². The predicted octanol–water partition coefficient (Wildman–Crippen LogP) is 3.50. The highest BCUT2D eigenvalue weighted by molar-refractivity contribution is 5.92. The van der Waals surface area contributed by atoms with Gasteiger partial charge in [-0.1, -0.05) is 12.1 Å². The normalized spacial score (nSPS) is 19.3. The molecule has 1 fully saturated rings. The molecule has 0 radical (unpaired) electrons. The zero-order chi connectivity index (χ0) is 14.4. The van der Waals surface area contributed by atoms with Crippen molar-refractivity contribution in [2.75, 3.05) is 13.2 Å². The fourth-order valence-electron chi connectivity index (χ4n) is 2.56. The van der Waals surface area contributed by atoms with Crippen molar-refractivity contribution in [3.8, 4) is 5.75 Å². The maximum absolute atomic E-state index is 12.2. The predicted molar refractivity (Wildman–Crippen MR) is 81.7 cm³/mol. The lowest BCUT2D eigenvalue weighted by atomic mass is 10.0. The highest BCUT2D eigenvalue weighted by Gasteiger charge is 2.20. The van der Waals surface area contributed by atoms with Gasteiger partial charge in [0.25, 0.3) is 0 Å². The van der Waals surface area contributed by atoms with Crippen LogP contribution in [-0.2, 0) is 4.79 Å². The van der Waals surface area contributed by atoms with Crippen LogP contribution >= 0.6 is 0 Å². The summed E-state index contributed by atoms with van der Waals surface area (Å²) in [4.78, 5) is 14.2. The van der Waals surface area contributed by atoms with Crippen LogP contribution in [0.25, 0.3) is 6.08 Å². The van der Waals surface area contributed by atoms with Gasteiger partial charge in [-0.3, -0.25) is 4.79 Å². The molecule has 3 heteroatoms. The van der Waals surface area contributed by atoms with Crippen LogP contribution in [0.15, 0.2) is 30.3 Å². The third kappa shape index (κ3) is 3.86. The summed E-state index contributed by atoms with van der Waals surface area (Å²) in [5.41, 5.74) is 0.994. The summed E-state index contributed by atoms with van der Waals surface area (Å²) in [6.07, 6.45) is 6.99. The Hall–Kier alpha value is -1.77. The fourth-order valence-corrected chi connectivity index (χ4v) is 2.56. The zero-order valence-electron chi connectivity index (χ0n) is 12.3. The molecule has 0 N–H and O–H groups in total. The number of ether oxygens (including phenoxy) is 1. The lowest BCUT2D eigenvalue weighted by Crippen LogP contribution is -2.41. The Morgan fingerprint density at radius 3 is 3.05 bits per heavy atom. The molecule has 1 amide bonds. The smallest absolute Gasteiger partial charge is 0.246 e. The maximum atomic E-state index is 12.2. The molecule has 20 heavy (non-hydrogen) atoms. The fraction of sp³-hybridized carbons (Fsp3) is 0.471. The van der Waals surface area contributed by atoms with E-state index in [1.165, 1.54) is 6.42 Å². The molecule has 1 atom stereocenters. The molecule has 0 aliphatic carbocycles. The minimum Gasteiger partial charge on any atom is -0.494 e. The molecule has 3 nitrogen and oxygen atoms in total. The first-order chi connectivity index (χ1) is 9.70. The standard InChI is InChI=1S/C17H23NO2/c1-3-20-16-9-6-8-15(13-16)10-11-17(19)18-12-5-4-7-14(18)2/h6,8-11,13-14H,3-5,7,12H2,1-2H3/b11-10+. The van der Waals surface area contributed by atoms with Crippen molar-refractivity contribution in [1.82, 2.24) is 4.90 Å². The molecule has 0 saturated carbocycles. The van der Waals surface area contributed by atoms with Crippen molar-refractivity contribution in [2.45, 2.75) is 39.2 Å². The number of rotatable bonds is 4. The van der Waals surface area contributed by atoms with Gasteiger partial charge in [0.2, 0.25) is 5.91 Å². The van der Waals surface area contributed by atoms with Crippen LogP contribution in [-0.4, -0.2) is 30.0 Å². The number of benzene rings is 1. The maximum Gasteiger partial charge on any atom is 0.246 e. The Balaban J connectivity index is 2.01. The van der Waals surface area contributed by atoms with Crippen molar-refractivity contribution < 1.29 is 9.53 Å². The first-order valence-electron chi connectivity index (χ1n) is 7.42. The highest BCUT2D eigenvalue weighted by atomic mass is 16.5. The van der Waals surface area contributed by atoms with Gasteiger partial charge < -0.3 is 9.64 Å². The Labute approximate surface area is 121 Å².